The van der Waals surface area contributed by atoms with E-state index in [4.69, 9.17) is 4.42 Å². The highest BCUT2D eigenvalue weighted by atomic mass is 32.2. The first-order valence-electron chi connectivity index (χ1n) is 7.17. The molecule has 0 aromatic carbocycles. The Labute approximate surface area is 122 Å². The Morgan fingerprint density at radius 1 is 1.35 bits per heavy atom. The highest BCUT2D eigenvalue weighted by Crippen LogP contribution is 2.19. The number of furan rings is 1. The molecule has 1 unspecified atom stereocenters. The van der Waals surface area contributed by atoms with E-state index < -0.39 is 10.0 Å². The van der Waals surface area contributed by atoms with E-state index in [1.165, 1.54) is 10.4 Å². The molecule has 1 aromatic rings. The lowest BCUT2D eigenvalue weighted by Crippen LogP contribution is -2.30. The maximum Gasteiger partial charge on any atom is 0.276 e. The first kappa shape index (κ1) is 17.2. The smallest absolute Gasteiger partial charge is 0.276 e. The summed E-state index contributed by atoms with van der Waals surface area (Å²) in [6, 6.07) is 3.25. The van der Waals surface area contributed by atoms with Crippen LogP contribution in [0.1, 0.15) is 39.4 Å². The van der Waals surface area contributed by atoms with Gasteiger partial charge in [-0.15, -0.1) is 0 Å². The molecule has 1 rings (SSSR count). The Hall–Kier alpha value is -0.850. The molecule has 0 saturated carbocycles. The minimum atomic E-state index is -3.52. The summed E-state index contributed by atoms with van der Waals surface area (Å²) in [6.07, 6.45) is 1.98. The summed E-state index contributed by atoms with van der Waals surface area (Å²) in [7, 11) is -1.92. The summed E-state index contributed by atoms with van der Waals surface area (Å²) in [5.74, 6) is 0.976. The lowest BCUT2D eigenvalue weighted by molar-refractivity contribution is 0.359. The quantitative estimate of drug-likeness (QED) is 0.712. The maximum atomic E-state index is 12.3. The van der Waals surface area contributed by atoms with Crippen molar-refractivity contribution < 1.29 is 12.8 Å². The van der Waals surface area contributed by atoms with Crippen LogP contribution in [0.5, 0.6) is 0 Å². The number of sulfonamides is 1. The van der Waals surface area contributed by atoms with Gasteiger partial charge in [0, 0.05) is 13.6 Å². The minimum absolute atomic E-state index is 0.0246. The Morgan fingerprint density at radius 3 is 2.65 bits per heavy atom. The van der Waals surface area contributed by atoms with Gasteiger partial charge in [-0.1, -0.05) is 27.2 Å². The van der Waals surface area contributed by atoms with Crippen molar-refractivity contribution in [3.63, 3.8) is 0 Å². The number of hydrogen-bond acceptors (Lipinski definition) is 4. The van der Waals surface area contributed by atoms with Gasteiger partial charge >= 0.3 is 0 Å². The van der Waals surface area contributed by atoms with Crippen LogP contribution in [0.2, 0.25) is 0 Å². The molecule has 1 heterocycles. The second kappa shape index (κ2) is 7.81. The third kappa shape index (κ3) is 4.61. The second-order valence-corrected chi connectivity index (χ2v) is 7.17. The minimum Gasteiger partial charge on any atom is -0.447 e. The summed E-state index contributed by atoms with van der Waals surface area (Å²) in [5, 5.41) is 3.21. The molecule has 0 aliphatic carbocycles. The zero-order chi connectivity index (χ0) is 15.2. The summed E-state index contributed by atoms with van der Waals surface area (Å²) >= 11 is 0. The molecule has 0 fully saturated rings. The number of rotatable bonds is 9. The predicted molar refractivity (Wildman–Crippen MR) is 80.0 cm³/mol. The monoisotopic (exact) mass is 302 g/mol. The van der Waals surface area contributed by atoms with Crippen LogP contribution in [-0.4, -0.2) is 32.9 Å². The highest BCUT2D eigenvalue weighted by Gasteiger charge is 2.25. The van der Waals surface area contributed by atoms with E-state index in [2.05, 4.69) is 19.2 Å². The van der Waals surface area contributed by atoms with E-state index in [0.717, 1.165) is 19.4 Å². The van der Waals surface area contributed by atoms with Crippen molar-refractivity contribution in [1.29, 1.82) is 0 Å². The SMILES string of the molecule is CCCNCc1ccc(S(=O)(=O)N(C)CC(C)CC)o1. The Bertz CT molecular complexity index is 496. The molecule has 1 N–H and O–H groups in total. The highest BCUT2D eigenvalue weighted by molar-refractivity contribution is 7.89. The largest absolute Gasteiger partial charge is 0.447 e. The topological polar surface area (TPSA) is 62.6 Å². The van der Waals surface area contributed by atoms with Crippen molar-refractivity contribution in [2.75, 3.05) is 20.1 Å². The normalized spacial score (nSPS) is 13.8. The molecule has 0 aliphatic rings. The molecule has 5 nitrogen and oxygen atoms in total. The van der Waals surface area contributed by atoms with E-state index in [1.54, 1.807) is 13.1 Å². The van der Waals surface area contributed by atoms with E-state index >= 15 is 0 Å². The van der Waals surface area contributed by atoms with E-state index in [0.29, 0.717) is 24.8 Å². The molecule has 0 radical (unpaired) electrons. The standard InChI is InChI=1S/C14H26N2O3S/c1-5-9-15-10-13-7-8-14(19-13)20(17,18)16(4)11-12(3)6-2/h7-8,12,15H,5-6,9-11H2,1-4H3. The zero-order valence-corrected chi connectivity index (χ0v) is 13.7. The first-order valence-corrected chi connectivity index (χ1v) is 8.61. The van der Waals surface area contributed by atoms with Crippen LogP contribution < -0.4 is 5.32 Å². The van der Waals surface area contributed by atoms with Crippen molar-refractivity contribution in [3.05, 3.63) is 17.9 Å². The average Bonchev–Trinajstić information content (AvgIpc) is 2.88. The molecule has 0 saturated heterocycles. The fourth-order valence-electron chi connectivity index (χ4n) is 1.80. The van der Waals surface area contributed by atoms with Gasteiger partial charge in [0.2, 0.25) is 5.09 Å². The molecule has 1 atom stereocenters. The lowest BCUT2D eigenvalue weighted by Gasteiger charge is -2.18. The first-order chi connectivity index (χ1) is 9.41. The Morgan fingerprint density at radius 2 is 2.05 bits per heavy atom. The van der Waals surface area contributed by atoms with Crippen LogP contribution in [0.15, 0.2) is 21.6 Å². The van der Waals surface area contributed by atoms with Crippen molar-refractivity contribution in [2.45, 2.75) is 45.2 Å². The number of nitrogens with zero attached hydrogens (tertiary/aromatic N) is 1. The van der Waals surface area contributed by atoms with Gasteiger partial charge in [-0.2, -0.15) is 4.31 Å². The predicted octanol–water partition coefficient (Wildman–Crippen LogP) is 2.45. The van der Waals surface area contributed by atoms with Crippen LogP contribution in [0.25, 0.3) is 0 Å². The lowest BCUT2D eigenvalue weighted by atomic mass is 10.1. The van der Waals surface area contributed by atoms with Crippen molar-refractivity contribution in [2.24, 2.45) is 5.92 Å². The fourth-order valence-corrected chi connectivity index (χ4v) is 3.01. The molecular weight excluding hydrogens is 276 g/mol. The molecule has 0 spiro atoms. The van der Waals surface area contributed by atoms with Gasteiger partial charge < -0.3 is 9.73 Å². The zero-order valence-electron chi connectivity index (χ0n) is 12.8. The second-order valence-electron chi connectivity index (χ2n) is 5.20. The van der Waals surface area contributed by atoms with Gasteiger partial charge in [0.1, 0.15) is 5.76 Å². The fraction of sp³-hybridized carbons (Fsp3) is 0.714. The van der Waals surface area contributed by atoms with Crippen molar-refractivity contribution in [3.8, 4) is 0 Å². The third-order valence-electron chi connectivity index (χ3n) is 3.29. The van der Waals surface area contributed by atoms with Crippen LogP contribution in [0, 0.1) is 5.92 Å². The molecule has 6 heteroatoms. The van der Waals surface area contributed by atoms with Crippen LogP contribution >= 0.6 is 0 Å². The van der Waals surface area contributed by atoms with Crippen LogP contribution in [0.4, 0.5) is 0 Å². The Kier molecular flexibility index (Phi) is 6.71. The van der Waals surface area contributed by atoms with Gasteiger partial charge in [0.15, 0.2) is 0 Å². The van der Waals surface area contributed by atoms with Crippen LogP contribution in [0.3, 0.4) is 0 Å². The summed E-state index contributed by atoms with van der Waals surface area (Å²) in [4.78, 5) is 0. The molecule has 0 bridgehead atoms. The van der Waals surface area contributed by atoms with E-state index in [9.17, 15) is 8.42 Å². The molecule has 0 aliphatic heterocycles. The maximum absolute atomic E-state index is 12.3. The van der Waals surface area contributed by atoms with Gasteiger partial charge in [-0.05, 0) is 31.0 Å². The Balaban J connectivity index is 2.72. The van der Waals surface area contributed by atoms with Gasteiger partial charge in [0.25, 0.3) is 10.0 Å². The van der Waals surface area contributed by atoms with E-state index in [1.807, 2.05) is 6.92 Å². The van der Waals surface area contributed by atoms with Gasteiger partial charge in [-0.25, -0.2) is 8.42 Å². The van der Waals surface area contributed by atoms with E-state index in [-0.39, 0.29) is 5.09 Å². The molecule has 1 aromatic heterocycles. The molecule has 20 heavy (non-hydrogen) atoms. The third-order valence-corrected chi connectivity index (χ3v) is 4.99. The summed E-state index contributed by atoms with van der Waals surface area (Å²) in [5.41, 5.74) is 0. The summed E-state index contributed by atoms with van der Waals surface area (Å²) < 4.78 is 31.5. The van der Waals surface area contributed by atoms with Gasteiger partial charge in [0.05, 0.1) is 6.54 Å². The van der Waals surface area contributed by atoms with Crippen LogP contribution in [-0.2, 0) is 16.6 Å². The van der Waals surface area contributed by atoms with Gasteiger partial charge in [-0.3, -0.25) is 0 Å². The molecule has 116 valence electrons. The number of hydrogen-bond donors (Lipinski definition) is 1. The van der Waals surface area contributed by atoms with Crippen molar-refractivity contribution >= 4 is 10.0 Å². The molecular formula is C14H26N2O3S. The molecule has 0 amide bonds. The average molecular weight is 302 g/mol. The van der Waals surface area contributed by atoms with Crippen molar-refractivity contribution in [1.82, 2.24) is 9.62 Å². The number of nitrogens with one attached hydrogen (secondary N) is 1. The summed E-state index contributed by atoms with van der Waals surface area (Å²) in [6.45, 7) is 8.11.